The summed E-state index contributed by atoms with van der Waals surface area (Å²) in [7, 11) is 0. The molecule has 0 saturated heterocycles. The molecule has 6 nitrogen and oxygen atoms in total. The fraction of sp³-hybridized carbons (Fsp3) is 0.400. The van der Waals surface area contributed by atoms with Gasteiger partial charge in [-0.1, -0.05) is 55.9 Å². The van der Waals surface area contributed by atoms with E-state index in [4.69, 9.17) is 5.84 Å². The molecule has 0 spiro atoms. The summed E-state index contributed by atoms with van der Waals surface area (Å²) in [5.41, 5.74) is 1.21. The quantitative estimate of drug-likeness (QED) is 0.597. The molecule has 3 N–H and O–H groups in total. The fourth-order valence-electron chi connectivity index (χ4n) is 1.95. The lowest BCUT2D eigenvalue weighted by Gasteiger charge is -2.06. The molecule has 0 fully saturated rings. The van der Waals surface area contributed by atoms with Gasteiger partial charge in [-0.05, 0) is 12.0 Å². The van der Waals surface area contributed by atoms with E-state index in [2.05, 4.69) is 15.5 Å². The van der Waals surface area contributed by atoms with E-state index in [-0.39, 0.29) is 17.6 Å². The first-order chi connectivity index (χ1) is 10.6. The summed E-state index contributed by atoms with van der Waals surface area (Å²) < 4.78 is 1.45. The maximum atomic E-state index is 11.8. The lowest BCUT2D eigenvalue weighted by atomic mass is 10.1. The van der Waals surface area contributed by atoms with Crippen LogP contribution in [0.15, 0.2) is 35.5 Å². The fourth-order valence-corrected chi connectivity index (χ4v) is 2.65. The van der Waals surface area contributed by atoms with Crippen molar-refractivity contribution in [1.29, 1.82) is 0 Å². The average molecular weight is 319 g/mol. The summed E-state index contributed by atoms with van der Waals surface area (Å²) in [6, 6.07) is 10.1. The van der Waals surface area contributed by atoms with Crippen molar-refractivity contribution in [2.45, 2.75) is 31.3 Å². The van der Waals surface area contributed by atoms with Crippen molar-refractivity contribution < 1.29 is 4.79 Å². The number of nitrogens with zero attached hydrogens (tertiary/aromatic N) is 3. The van der Waals surface area contributed by atoms with Crippen LogP contribution < -0.4 is 11.2 Å². The summed E-state index contributed by atoms with van der Waals surface area (Å²) in [5.74, 6) is 7.07. The highest BCUT2D eigenvalue weighted by Gasteiger charge is 2.14. The summed E-state index contributed by atoms with van der Waals surface area (Å²) in [6.07, 6.45) is 0.821. The number of thioether (sulfide) groups is 1. The van der Waals surface area contributed by atoms with Crippen molar-refractivity contribution in [2.75, 3.05) is 18.1 Å². The van der Waals surface area contributed by atoms with E-state index in [9.17, 15) is 4.79 Å². The highest BCUT2D eigenvalue weighted by Crippen LogP contribution is 2.18. The number of carbonyl (C=O) groups is 1. The van der Waals surface area contributed by atoms with Crippen LogP contribution in [0.1, 0.15) is 31.2 Å². The van der Waals surface area contributed by atoms with Crippen LogP contribution in [0.5, 0.6) is 0 Å². The van der Waals surface area contributed by atoms with Gasteiger partial charge in [-0.3, -0.25) is 4.79 Å². The molecule has 2 rings (SSSR count). The van der Waals surface area contributed by atoms with Crippen LogP contribution >= 0.6 is 11.8 Å². The van der Waals surface area contributed by atoms with Crippen LogP contribution in [0.4, 0.5) is 0 Å². The molecule has 0 atom stereocenters. The third kappa shape index (κ3) is 4.49. The molecule has 1 aromatic carbocycles. The van der Waals surface area contributed by atoms with Gasteiger partial charge in [-0.25, -0.2) is 4.68 Å². The second-order valence-corrected chi connectivity index (χ2v) is 6.18. The second kappa shape index (κ2) is 7.84. The minimum Gasteiger partial charge on any atom is -0.355 e. The number of hydrogen-bond donors (Lipinski definition) is 2. The number of nitrogen functional groups attached to an aromatic ring is 1. The number of benzene rings is 1. The minimum absolute atomic E-state index is 0.0324. The number of carbonyl (C=O) groups excluding carboxylic acids is 1. The molecule has 1 amide bonds. The third-order valence-corrected chi connectivity index (χ3v) is 4.06. The number of hydrogen-bond acceptors (Lipinski definition) is 5. The van der Waals surface area contributed by atoms with Crippen LogP contribution in [0.25, 0.3) is 0 Å². The smallest absolute Gasteiger partial charge is 0.230 e. The summed E-state index contributed by atoms with van der Waals surface area (Å²) >= 11 is 1.29. The van der Waals surface area contributed by atoms with Gasteiger partial charge < -0.3 is 11.2 Å². The third-order valence-electron chi connectivity index (χ3n) is 3.12. The van der Waals surface area contributed by atoms with Gasteiger partial charge in [0.2, 0.25) is 11.1 Å². The van der Waals surface area contributed by atoms with Crippen molar-refractivity contribution in [3.63, 3.8) is 0 Å². The molecule has 22 heavy (non-hydrogen) atoms. The Bertz CT molecular complexity index is 612. The molecule has 7 heteroatoms. The summed E-state index contributed by atoms with van der Waals surface area (Å²) in [4.78, 5) is 11.8. The molecule has 0 unspecified atom stereocenters. The Balaban J connectivity index is 1.74. The van der Waals surface area contributed by atoms with Crippen molar-refractivity contribution in [2.24, 2.45) is 0 Å². The van der Waals surface area contributed by atoms with Gasteiger partial charge in [0.25, 0.3) is 0 Å². The van der Waals surface area contributed by atoms with E-state index in [1.165, 1.54) is 22.0 Å². The number of nitrogens with two attached hydrogens (primary N) is 1. The molecule has 0 saturated carbocycles. The van der Waals surface area contributed by atoms with Crippen molar-refractivity contribution in [3.8, 4) is 0 Å². The van der Waals surface area contributed by atoms with Gasteiger partial charge in [0.05, 0.1) is 5.75 Å². The van der Waals surface area contributed by atoms with Crippen LogP contribution in [-0.2, 0) is 11.2 Å². The number of nitrogens with one attached hydrogen (secondary N) is 1. The van der Waals surface area contributed by atoms with Crippen LogP contribution in [0.2, 0.25) is 0 Å². The Labute approximate surface area is 134 Å². The highest BCUT2D eigenvalue weighted by atomic mass is 32.2. The molecular weight excluding hydrogens is 298 g/mol. The van der Waals surface area contributed by atoms with E-state index in [0.29, 0.717) is 17.5 Å². The Morgan fingerprint density at radius 3 is 2.68 bits per heavy atom. The number of rotatable bonds is 7. The molecule has 0 radical (unpaired) electrons. The van der Waals surface area contributed by atoms with Gasteiger partial charge >= 0.3 is 0 Å². The normalized spacial score (nSPS) is 10.9. The molecule has 118 valence electrons. The SMILES string of the molecule is CC(C)c1nnc(SCC(=O)NCCc2ccccc2)n1N. The Morgan fingerprint density at radius 2 is 2.05 bits per heavy atom. The molecule has 0 aliphatic carbocycles. The van der Waals surface area contributed by atoms with Gasteiger partial charge in [-0.2, -0.15) is 0 Å². The Kier molecular flexibility index (Phi) is 5.83. The zero-order valence-corrected chi connectivity index (χ0v) is 13.6. The first-order valence-corrected chi connectivity index (χ1v) is 8.20. The van der Waals surface area contributed by atoms with Crippen molar-refractivity contribution in [1.82, 2.24) is 20.2 Å². The van der Waals surface area contributed by atoms with Gasteiger partial charge in [0.15, 0.2) is 5.82 Å². The predicted octanol–water partition coefficient (Wildman–Crippen LogP) is 1.57. The molecule has 0 aliphatic heterocycles. The van der Waals surface area contributed by atoms with Gasteiger partial charge in [-0.15, -0.1) is 10.2 Å². The van der Waals surface area contributed by atoms with E-state index in [0.717, 1.165) is 6.42 Å². The first-order valence-electron chi connectivity index (χ1n) is 7.21. The molecule has 1 aromatic heterocycles. The first kappa shape index (κ1) is 16.4. The highest BCUT2D eigenvalue weighted by molar-refractivity contribution is 7.99. The van der Waals surface area contributed by atoms with Crippen LogP contribution in [0.3, 0.4) is 0 Å². The minimum atomic E-state index is -0.0324. The molecule has 2 aromatic rings. The molecule has 0 aliphatic rings. The maximum absolute atomic E-state index is 11.8. The monoisotopic (exact) mass is 319 g/mol. The Hall–Kier alpha value is -2.02. The lowest BCUT2D eigenvalue weighted by molar-refractivity contribution is -0.118. The maximum Gasteiger partial charge on any atom is 0.230 e. The molecule has 0 bridgehead atoms. The zero-order chi connectivity index (χ0) is 15.9. The number of amides is 1. The molecular formula is C15H21N5OS. The van der Waals surface area contributed by atoms with Crippen LogP contribution in [-0.4, -0.2) is 33.1 Å². The number of aromatic nitrogens is 3. The molecule has 1 heterocycles. The van der Waals surface area contributed by atoms with Gasteiger partial charge in [0.1, 0.15) is 0 Å². The van der Waals surface area contributed by atoms with Crippen molar-refractivity contribution >= 4 is 17.7 Å². The van der Waals surface area contributed by atoms with E-state index >= 15 is 0 Å². The van der Waals surface area contributed by atoms with E-state index in [1.807, 2.05) is 44.2 Å². The standard InChI is InChI=1S/C15H21N5OS/c1-11(2)14-18-19-15(20(14)16)22-10-13(21)17-9-8-12-6-4-3-5-7-12/h3-7,11H,8-10,16H2,1-2H3,(H,17,21). The Morgan fingerprint density at radius 1 is 1.32 bits per heavy atom. The average Bonchev–Trinajstić information content (AvgIpc) is 2.87. The zero-order valence-electron chi connectivity index (χ0n) is 12.8. The summed E-state index contributed by atoms with van der Waals surface area (Å²) in [5, 5.41) is 11.5. The lowest BCUT2D eigenvalue weighted by Crippen LogP contribution is -2.27. The van der Waals surface area contributed by atoms with Crippen LogP contribution in [0, 0.1) is 0 Å². The van der Waals surface area contributed by atoms with Gasteiger partial charge in [0, 0.05) is 12.5 Å². The van der Waals surface area contributed by atoms with E-state index < -0.39 is 0 Å². The largest absolute Gasteiger partial charge is 0.355 e. The topological polar surface area (TPSA) is 85.8 Å². The van der Waals surface area contributed by atoms with E-state index in [1.54, 1.807) is 0 Å². The predicted molar refractivity (Wildman–Crippen MR) is 88.1 cm³/mol. The second-order valence-electron chi connectivity index (χ2n) is 5.24. The summed E-state index contributed by atoms with van der Waals surface area (Å²) in [6.45, 7) is 4.62. The van der Waals surface area contributed by atoms with Crippen molar-refractivity contribution in [3.05, 3.63) is 41.7 Å².